The Morgan fingerprint density at radius 1 is 1.40 bits per heavy atom. The zero-order chi connectivity index (χ0) is 15.3. The second-order valence-electron chi connectivity index (χ2n) is 5.03. The summed E-state index contributed by atoms with van der Waals surface area (Å²) < 4.78 is 13.8. The number of likely N-dealkylation sites (N-methyl/N-ethyl adjacent to an activating group) is 1. The van der Waals surface area contributed by atoms with Crippen LogP contribution in [0.5, 0.6) is 0 Å². The number of carboxylic acid groups (broad SMARTS) is 1. The van der Waals surface area contributed by atoms with E-state index in [1.165, 1.54) is 17.0 Å². The van der Waals surface area contributed by atoms with Gasteiger partial charge >= 0.3 is 5.97 Å². The molecule has 2 N–H and O–H groups in total. The van der Waals surface area contributed by atoms with Gasteiger partial charge in [-0.2, -0.15) is 0 Å². The third kappa shape index (κ3) is 4.53. The van der Waals surface area contributed by atoms with Crippen molar-refractivity contribution in [3.8, 4) is 0 Å². The Morgan fingerprint density at radius 3 is 2.55 bits per heavy atom. The first-order chi connectivity index (χ1) is 9.31. The normalized spacial score (nSPS) is 10.4. The van der Waals surface area contributed by atoms with Crippen LogP contribution in [0.4, 0.5) is 10.1 Å². The number of nitrogens with one attached hydrogen (secondary N) is 1. The van der Waals surface area contributed by atoms with Gasteiger partial charge in [-0.15, -0.1) is 0 Å². The summed E-state index contributed by atoms with van der Waals surface area (Å²) in [5, 5.41) is 11.5. The SMILES string of the molecule is CC(C)CNC(=O)CN(C)c1ccc(C(=O)O)cc1F. The molecule has 20 heavy (non-hydrogen) atoms. The number of anilines is 1. The average molecular weight is 282 g/mol. The Kier molecular flexibility index (Phi) is 5.49. The van der Waals surface area contributed by atoms with Crippen LogP contribution in [0.3, 0.4) is 0 Å². The third-order valence-electron chi connectivity index (χ3n) is 2.69. The fourth-order valence-corrected chi connectivity index (χ4v) is 1.62. The fraction of sp³-hybridized carbons (Fsp3) is 0.429. The van der Waals surface area contributed by atoms with Gasteiger partial charge in [-0.1, -0.05) is 13.8 Å². The van der Waals surface area contributed by atoms with Crippen LogP contribution >= 0.6 is 0 Å². The van der Waals surface area contributed by atoms with Gasteiger partial charge in [0.15, 0.2) is 0 Å². The molecule has 1 aromatic rings. The highest BCUT2D eigenvalue weighted by Gasteiger charge is 2.14. The van der Waals surface area contributed by atoms with Crippen LogP contribution in [-0.4, -0.2) is 37.1 Å². The molecule has 0 aliphatic heterocycles. The van der Waals surface area contributed by atoms with Gasteiger partial charge in [0.05, 0.1) is 17.8 Å². The lowest BCUT2D eigenvalue weighted by Gasteiger charge is -2.20. The second-order valence-corrected chi connectivity index (χ2v) is 5.03. The number of benzene rings is 1. The Balaban J connectivity index is 2.70. The number of rotatable bonds is 6. The number of hydrogen-bond donors (Lipinski definition) is 2. The van der Waals surface area contributed by atoms with E-state index in [0.717, 1.165) is 6.07 Å². The second kappa shape index (κ2) is 6.88. The maximum absolute atomic E-state index is 13.8. The van der Waals surface area contributed by atoms with Crippen molar-refractivity contribution in [3.63, 3.8) is 0 Å². The summed E-state index contributed by atoms with van der Waals surface area (Å²) in [5.74, 6) is -1.71. The van der Waals surface area contributed by atoms with Gasteiger partial charge < -0.3 is 15.3 Å². The predicted octanol–water partition coefficient (Wildman–Crippen LogP) is 1.73. The number of carbonyl (C=O) groups excluding carboxylic acids is 1. The number of hydrogen-bond acceptors (Lipinski definition) is 3. The number of halogens is 1. The van der Waals surface area contributed by atoms with Crippen LogP contribution in [0.25, 0.3) is 0 Å². The Hall–Kier alpha value is -2.11. The molecule has 6 heteroatoms. The molecule has 0 aliphatic carbocycles. The molecule has 0 spiro atoms. The minimum Gasteiger partial charge on any atom is -0.478 e. The maximum atomic E-state index is 13.8. The summed E-state index contributed by atoms with van der Waals surface area (Å²) in [4.78, 5) is 23.8. The quantitative estimate of drug-likeness (QED) is 0.833. The molecule has 1 rings (SSSR count). The third-order valence-corrected chi connectivity index (χ3v) is 2.69. The Labute approximate surface area is 117 Å². The molecular formula is C14H19FN2O3. The highest BCUT2D eigenvalue weighted by atomic mass is 19.1. The Bertz CT molecular complexity index is 503. The summed E-state index contributed by atoms with van der Waals surface area (Å²) in [6.45, 7) is 4.53. The minimum atomic E-state index is -1.19. The van der Waals surface area contributed by atoms with Crippen molar-refractivity contribution < 1.29 is 19.1 Å². The van der Waals surface area contributed by atoms with Gasteiger partial charge in [-0.25, -0.2) is 9.18 Å². The van der Waals surface area contributed by atoms with Crippen molar-refractivity contribution in [2.45, 2.75) is 13.8 Å². The molecule has 0 atom stereocenters. The maximum Gasteiger partial charge on any atom is 0.335 e. The van der Waals surface area contributed by atoms with Crippen LogP contribution in [-0.2, 0) is 4.79 Å². The van der Waals surface area contributed by atoms with Gasteiger partial charge in [0.2, 0.25) is 5.91 Å². The zero-order valence-corrected chi connectivity index (χ0v) is 11.8. The molecule has 5 nitrogen and oxygen atoms in total. The van der Waals surface area contributed by atoms with Crippen molar-refractivity contribution in [3.05, 3.63) is 29.6 Å². The summed E-state index contributed by atoms with van der Waals surface area (Å²) in [5.41, 5.74) is 0.0682. The van der Waals surface area contributed by atoms with E-state index < -0.39 is 11.8 Å². The lowest BCUT2D eigenvalue weighted by atomic mass is 10.2. The monoisotopic (exact) mass is 282 g/mol. The number of aromatic carboxylic acids is 1. The fourth-order valence-electron chi connectivity index (χ4n) is 1.62. The van der Waals surface area contributed by atoms with E-state index in [0.29, 0.717) is 12.5 Å². The average Bonchev–Trinajstić information content (AvgIpc) is 2.35. The smallest absolute Gasteiger partial charge is 0.335 e. The molecule has 1 aromatic carbocycles. The predicted molar refractivity (Wildman–Crippen MR) is 74.5 cm³/mol. The summed E-state index contributed by atoms with van der Waals surface area (Å²) >= 11 is 0. The molecule has 110 valence electrons. The molecule has 1 amide bonds. The number of carboxylic acids is 1. The van der Waals surface area contributed by atoms with Gasteiger partial charge in [0, 0.05) is 13.6 Å². The van der Waals surface area contributed by atoms with Gasteiger partial charge in [0.1, 0.15) is 5.82 Å². The van der Waals surface area contributed by atoms with Gasteiger partial charge in [-0.3, -0.25) is 4.79 Å². The first-order valence-corrected chi connectivity index (χ1v) is 6.32. The highest BCUT2D eigenvalue weighted by Crippen LogP contribution is 2.19. The largest absolute Gasteiger partial charge is 0.478 e. The number of amides is 1. The molecule has 0 aromatic heterocycles. The van der Waals surface area contributed by atoms with Crippen molar-refractivity contribution in [1.29, 1.82) is 0 Å². The van der Waals surface area contributed by atoms with E-state index in [4.69, 9.17) is 5.11 Å². The topological polar surface area (TPSA) is 69.6 Å². The van der Waals surface area contributed by atoms with Crippen LogP contribution in [0, 0.1) is 11.7 Å². The van der Waals surface area contributed by atoms with Gasteiger partial charge in [-0.05, 0) is 24.1 Å². The number of carbonyl (C=O) groups is 2. The zero-order valence-electron chi connectivity index (χ0n) is 11.8. The van der Waals surface area contributed by atoms with Crippen LogP contribution in [0.1, 0.15) is 24.2 Å². The first kappa shape index (κ1) is 15.9. The summed E-state index contributed by atoms with van der Waals surface area (Å²) in [6, 6.07) is 3.61. The molecular weight excluding hydrogens is 263 g/mol. The van der Waals surface area contributed by atoms with Crippen LogP contribution in [0.2, 0.25) is 0 Å². The van der Waals surface area contributed by atoms with E-state index >= 15 is 0 Å². The van der Waals surface area contributed by atoms with E-state index in [-0.39, 0.29) is 23.7 Å². The molecule has 0 fully saturated rings. The number of nitrogens with zero attached hydrogens (tertiary/aromatic N) is 1. The van der Waals surface area contributed by atoms with Crippen molar-refractivity contribution >= 4 is 17.6 Å². The first-order valence-electron chi connectivity index (χ1n) is 6.32. The minimum absolute atomic E-state index is 0.00998. The van der Waals surface area contributed by atoms with E-state index in [9.17, 15) is 14.0 Å². The Morgan fingerprint density at radius 2 is 2.05 bits per heavy atom. The standard InChI is InChI=1S/C14H19FN2O3/c1-9(2)7-16-13(18)8-17(3)12-5-4-10(14(19)20)6-11(12)15/h4-6,9H,7-8H2,1-3H3,(H,16,18)(H,19,20). The van der Waals surface area contributed by atoms with Crippen molar-refractivity contribution in [2.75, 3.05) is 25.0 Å². The molecule has 0 saturated carbocycles. The lowest BCUT2D eigenvalue weighted by molar-refractivity contribution is -0.119. The lowest BCUT2D eigenvalue weighted by Crippen LogP contribution is -2.37. The molecule has 0 heterocycles. The molecule has 0 radical (unpaired) electrons. The van der Waals surface area contributed by atoms with Crippen molar-refractivity contribution in [2.24, 2.45) is 5.92 Å². The summed E-state index contributed by atoms with van der Waals surface area (Å²) in [7, 11) is 1.58. The van der Waals surface area contributed by atoms with Gasteiger partial charge in [0.25, 0.3) is 0 Å². The van der Waals surface area contributed by atoms with E-state index in [1.54, 1.807) is 7.05 Å². The molecule has 0 aliphatic rings. The molecule has 0 bridgehead atoms. The van der Waals surface area contributed by atoms with Crippen molar-refractivity contribution in [1.82, 2.24) is 5.32 Å². The molecule has 0 saturated heterocycles. The summed E-state index contributed by atoms with van der Waals surface area (Å²) in [6.07, 6.45) is 0. The van der Waals surface area contributed by atoms with E-state index in [2.05, 4.69) is 5.32 Å². The molecule has 0 unspecified atom stereocenters. The van der Waals surface area contributed by atoms with Crippen LogP contribution < -0.4 is 10.2 Å². The highest BCUT2D eigenvalue weighted by molar-refractivity contribution is 5.88. The van der Waals surface area contributed by atoms with E-state index in [1.807, 2.05) is 13.8 Å². The van der Waals surface area contributed by atoms with Crippen LogP contribution in [0.15, 0.2) is 18.2 Å².